The maximum Gasteiger partial charge on any atom is 1.00 e. The molecule has 0 aliphatic carbocycles. The van der Waals surface area contributed by atoms with Gasteiger partial charge in [-0.1, -0.05) is 12.1 Å². The monoisotopic (exact) mass is 289 g/mol. The third-order valence-electron chi connectivity index (χ3n) is 2.68. The molecule has 1 aromatic carbocycles. The molecule has 7 heteroatoms. The van der Waals surface area contributed by atoms with Gasteiger partial charge in [-0.15, -0.1) is 0 Å². The van der Waals surface area contributed by atoms with E-state index in [0.29, 0.717) is 6.42 Å². The van der Waals surface area contributed by atoms with Crippen LogP contribution >= 0.6 is 0 Å². The van der Waals surface area contributed by atoms with Crippen molar-refractivity contribution in [3.63, 3.8) is 0 Å². The number of hydrogen-bond acceptors (Lipinski definition) is 5. The average molecular weight is 289 g/mol. The summed E-state index contributed by atoms with van der Waals surface area (Å²) in [4.78, 5) is 4.16. The molecule has 2 aromatic rings. The summed E-state index contributed by atoms with van der Waals surface area (Å²) < 4.78 is 31.6. The van der Waals surface area contributed by atoms with Gasteiger partial charge in [-0.25, -0.2) is 8.42 Å². The zero-order chi connectivity index (χ0) is 13.2. The first-order valence-corrected chi connectivity index (χ1v) is 6.90. The molecule has 0 spiro atoms. The fraction of sp³-hybridized carbons (Fsp3) is 0.250. The minimum atomic E-state index is -4.62. The van der Waals surface area contributed by atoms with Crippen molar-refractivity contribution in [2.24, 2.45) is 0 Å². The normalized spacial score (nSPS) is 12.9. The number of hydrogen-bond donors (Lipinski definition) is 1. The largest absolute Gasteiger partial charge is 1.00 e. The second-order valence-corrected chi connectivity index (χ2v) is 5.55. The molecule has 0 amide bonds. The van der Waals surface area contributed by atoms with Crippen molar-refractivity contribution >= 4 is 21.0 Å². The Kier molecular flexibility index (Phi) is 5.91. The molecule has 1 aromatic heterocycles. The second kappa shape index (κ2) is 6.78. The summed E-state index contributed by atoms with van der Waals surface area (Å²) in [7, 11) is -4.62. The van der Waals surface area contributed by atoms with E-state index in [1.54, 1.807) is 12.3 Å². The third kappa shape index (κ3) is 4.52. The Labute approximate surface area is 133 Å². The standard InChI is InChI=1S/C12H13NO4S.Na/c14-12(18(15,16)17)6-4-9-3-5-11-10(8-9)2-1-7-13-11;/h1-3,5,7-8,12,14H,4,6H2,(H,15,16,17);/q;+1/p-1. The van der Waals surface area contributed by atoms with Gasteiger partial charge < -0.3 is 9.66 Å². The molecule has 1 heterocycles. The molecular formula is C12H12NNaO4S. The summed E-state index contributed by atoms with van der Waals surface area (Å²) in [6.07, 6.45) is 1.92. The van der Waals surface area contributed by atoms with E-state index in [4.69, 9.17) is 5.11 Å². The quantitative estimate of drug-likeness (QED) is 0.521. The molecule has 0 bridgehead atoms. The Bertz CT molecular complexity index is 660. The zero-order valence-corrected chi connectivity index (χ0v) is 13.3. The summed E-state index contributed by atoms with van der Waals surface area (Å²) in [6, 6.07) is 9.20. The van der Waals surface area contributed by atoms with Crippen LogP contribution in [0.2, 0.25) is 0 Å². The van der Waals surface area contributed by atoms with E-state index in [-0.39, 0.29) is 36.0 Å². The van der Waals surface area contributed by atoms with Crippen molar-refractivity contribution in [1.29, 1.82) is 0 Å². The van der Waals surface area contributed by atoms with Gasteiger partial charge in [0, 0.05) is 11.6 Å². The minimum Gasteiger partial charge on any atom is -0.746 e. The SMILES string of the molecule is O=S(=O)([O-])C(O)CCc1ccc2ncccc2c1.[Na+]. The minimum absolute atomic E-state index is 0. The van der Waals surface area contributed by atoms with Gasteiger partial charge in [0.2, 0.25) is 0 Å². The summed E-state index contributed by atoms with van der Waals surface area (Å²) >= 11 is 0. The fourth-order valence-corrected chi connectivity index (χ4v) is 2.12. The van der Waals surface area contributed by atoms with E-state index in [9.17, 15) is 13.0 Å². The fourth-order valence-electron chi connectivity index (χ4n) is 1.72. The van der Waals surface area contributed by atoms with Gasteiger partial charge in [-0.2, -0.15) is 0 Å². The van der Waals surface area contributed by atoms with Crippen LogP contribution in [0.5, 0.6) is 0 Å². The second-order valence-electron chi connectivity index (χ2n) is 4.02. The Morgan fingerprint density at radius 1 is 1.32 bits per heavy atom. The van der Waals surface area contributed by atoms with Crippen LogP contribution in [0.1, 0.15) is 12.0 Å². The molecule has 0 fully saturated rings. The van der Waals surface area contributed by atoms with E-state index < -0.39 is 15.6 Å². The molecule has 96 valence electrons. The van der Waals surface area contributed by atoms with Gasteiger partial charge in [0.15, 0.2) is 0 Å². The van der Waals surface area contributed by atoms with Crippen LogP contribution in [0.4, 0.5) is 0 Å². The first kappa shape index (κ1) is 16.6. The average Bonchev–Trinajstić information content (AvgIpc) is 2.34. The van der Waals surface area contributed by atoms with Crippen LogP contribution in [0.25, 0.3) is 10.9 Å². The number of pyridine rings is 1. The van der Waals surface area contributed by atoms with E-state index >= 15 is 0 Å². The van der Waals surface area contributed by atoms with Crippen molar-refractivity contribution in [1.82, 2.24) is 4.98 Å². The number of aliphatic hydroxyl groups excluding tert-OH is 1. The number of nitrogens with zero attached hydrogens (tertiary/aromatic N) is 1. The summed E-state index contributed by atoms with van der Waals surface area (Å²) in [5.74, 6) is 0. The van der Waals surface area contributed by atoms with Crippen LogP contribution in [0.3, 0.4) is 0 Å². The molecule has 19 heavy (non-hydrogen) atoms. The number of aryl methyl sites for hydroxylation is 1. The first-order chi connectivity index (χ1) is 8.47. The summed E-state index contributed by atoms with van der Waals surface area (Å²) in [5, 5.41) is 10.1. The van der Waals surface area contributed by atoms with Crippen molar-refractivity contribution in [2.45, 2.75) is 18.3 Å². The van der Waals surface area contributed by atoms with Gasteiger partial charge in [-0.05, 0) is 36.6 Å². The predicted octanol–water partition coefficient (Wildman–Crippen LogP) is -1.96. The Morgan fingerprint density at radius 2 is 2.05 bits per heavy atom. The number of fused-ring (bicyclic) bond motifs is 1. The molecule has 0 saturated carbocycles. The Morgan fingerprint density at radius 3 is 2.74 bits per heavy atom. The molecule has 1 unspecified atom stereocenters. The van der Waals surface area contributed by atoms with Crippen molar-refractivity contribution in [3.05, 3.63) is 42.1 Å². The van der Waals surface area contributed by atoms with Crippen molar-refractivity contribution in [3.8, 4) is 0 Å². The van der Waals surface area contributed by atoms with Crippen LogP contribution in [-0.4, -0.2) is 28.5 Å². The predicted molar refractivity (Wildman–Crippen MR) is 65.8 cm³/mol. The van der Waals surface area contributed by atoms with Crippen LogP contribution in [-0.2, 0) is 16.5 Å². The van der Waals surface area contributed by atoms with E-state index in [2.05, 4.69) is 4.98 Å². The Balaban J connectivity index is 0.00000180. The third-order valence-corrected chi connectivity index (χ3v) is 3.58. The van der Waals surface area contributed by atoms with Crippen molar-refractivity contribution in [2.75, 3.05) is 0 Å². The number of rotatable bonds is 4. The molecule has 0 aliphatic heterocycles. The smallest absolute Gasteiger partial charge is 0.746 e. The Hall–Kier alpha value is -0.500. The molecule has 1 atom stereocenters. The molecule has 1 N–H and O–H groups in total. The summed E-state index contributed by atoms with van der Waals surface area (Å²) in [6.45, 7) is 0. The maximum absolute atomic E-state index is 10.5. The van der Waals surface area contributed by atoms with Gasteiger partial charge in [0.1, 0.15) is 15.6 Å². The molecule has 0 radical (unpaired) electrons. The maximum atomic E-state index is 10.5. The molecule has 0 aliphatic rings. The van der Waals surface area contributed by atoms with E-state index in [0.717, 1.165) is 16.5 Å². The molecule has 0 saturated heterocycles. The van der Waals surface area contributed by atoms with Gasteiger partial charge >= 0.3 is 29.6 Å². The van der Waals surface area contributed by atoms with Gasteiger partial charge in [0.05, 0.1) is 5.52 Å². The van der Waals surface area contributed by atoms with Crippen LogP contribution < -0.4 is 29.6 Å². The molecule has 5 nitrogen and oxygen atoms in total. The molecular weight excluding hydrogens is 277 g/mol. The van der Waals surface area contributed by atoms with Crippen LogP contribution in [0.15, 0.2) is 36.5 Å². The van der Waals surface area contributed by atoms with Crippen LogP contribution in [0, 0.1) is 0 Å². The number of benzene rings is 1. The summed E-state index contributed by atoms with van der Waals surface area (Å²) in [5.41, 5.74) is -0.140. The first-order valence-electron chi connectivity index (χ1n) is 5.43. The number of aromatic nitrogens is 1. The topological polar surface area (TPSA) is 90.3 Å². The van der Waals surface area contributed by atoms with E-state index in [1.807, 2.05) is 24.3 Å². The van der Waals surface area contributed by atoms with Gasteiger partial charge in [0.25, 0.3) is 0 Å². The zero-order valence-electron chi connectivity index (χ0n) is 10.5. The van der Waals surface area contributed by atoms with E-state index in [1.165, 1.54) is 0 Å². The van der Waals surface area contributed by atoms with Crippen molar-refractivity contribution < 1.29 is 47.6 Å². The van der Waals surface area contributed by atoms with Gasteiger partial charge in [-0.3, -0.25) is 4.98 Å². The molecule has 2 rings (SSSR count). The number of aliphatic hydroxyl groups is 1.